The molecule has 0 nitrogen and oxygen atoms in total. The van der Waals surface area contributed by atoms with E-state index in [-0.39, 0.29) is 10.8 Å². The van der Waals surface area contributed by atoms with Gasteiger partial charge in [0.25, 0.3) is 0 Å². The van der Waals surface area contributed by atoms with Gasteiger partial charge in [-0.25, -0.2) is 0 Å². The van der Waals surface area contributed by atoms with Crippen LogP contribution in [0.3, 0.4) is 0 Å². The van der Waals surface area contributed by atoms with Crippen molar-refractivity contribution >= 4 is 31.5 Å². The fourth-order valence-electron chi connectivity index (χ4n) is 8.39. The lowest BCUT2D eigenvalue weighted by molar-refractivity contribution is 0.662. The zero-order valence-corrected chi connectivity index (χ0v) is 25.8. The van der Waals surface area contributed by atoms with Crippen molar-refractivity contribution in [3.8, 4) is 44.5 Å². The molecule has 0 saturated carbocycles. The van der Waals surface area contributed by atoms with E-state index in [9.17, 15) is 0 Å². The minimum atomic E-state index is -0.0578. The molecular weight excluding hydrogens is 537 g/mol. The van der Waals surface area contributed by atoms with Gasteiger partial charge in [0.1, 0.15) is 0 Å². The molecule has 1 aromatic heterocycles. The topological polar surface area (TPSA) is 0 Å². The summed E-state index contributed by atoms with van der Waals surface area (Å²) in [5.41, 5.74) is 16.5. The van der Waals surface area contributed by atoms with Gasteiger partial charge in [0.05, 0.1) is 0 Å². The van der Waals surface area contributed by atoms with Gasteiger partial charge in [-0.1, -0.05) is 149 Å². The minimum absolute atomic E-state index is 0.0578. The molecule has 0 radical (unpaired) electrons. The molecule has 43 heavy (non-hydrogen) atoms. The summed E-state index contributed by atoms with van der Waals surface area (Å²) >= 11 is 1.96. The Bertz CT molecular complexity index is 2130. The Morgan fingerprint density at radius 2 is 0.674 bits per heavy atom. The zero-order valence-electron chi connectivity index (χ0n) is 25.0. The molecule has 0 atom stereocenters. The highest BCUT2D eigenvalue weighted by Crippen LogP contribution is 2.55. The van der Waals surface area contributed by atoms with Crippen LogP contribution in [0.1, 0.15) is 49.9 Å². The maximum atomic E-state index is 2.39. The summed E-state index contributed by atoms with van der Waals surface area (Å²) < 4.78 is 2.75. The van der Waals surface area contributed by atoms with Gasteiger partial charge in [-0.15, -0.1) is 11.3 Å². The van der Waals surface area contributed by atoms with Crippen molar-refractivity contribution in [2.75, 3.05) is 0 Å². The van der Waals surface area contributed by atoms with Crippen molar-refractivity contribution in [2.45, 2.75) is 38.5 Å². The van der Waals surface area contributed by atoms with Crippen molar-refractivity contribution in [3.63, 3.8) is 0 Å². The van der Waals surface area contributed by atoms with Gasteiger partial charge in [-0.3, -0.25) is 0 Å². The van der Waals surface area contributed by atoms with E-state index >= 15 is 0 Å². The van der Waals surface area contributed by atoms with Gasteiger partial charge in [-0.2, -0.15) is 0 Å². The van der Waals surface area contributed by atoms with Crippen molar-refractivity contribution in [3.05, 3.63) is 144 Å². The predicted octanol–water partition coefficient (Wildman–Crippen LogP) is 12.0. The fraction of sp³-hybridized carbons (Fsp3) is 0.143. The van der Waals surface area contributed by atoms with Crippen LogP contribution >= 0.6 is 11.3 Å². The van der Waals surface area contributed by atoms with Crippen LogP contribution in [0.25, 0.3) is 64.7 Å². The summed E-state index contributed by atoms with van der Waals surface area (Å²) in [4.78, 5) is 0. The third-order valence-electron chi connectivity index (χ3n) is 10.3. The standard InChI is InChI=1S/C42H32S/c1-41(2)35-23-7-5-13-25(35)27-15-9-17-29(37(27)41)31-19-11-21-33-34-22-12-20-32(40(34)43-39(31)33)30-18-10-16-28-26-14-6-8-24-36(26)42(3,4)38(28)30/h5-24H,1-4H3. The summed E-state index contributed by atoms with van der Waals surface area (Å²) in [7, 11) is 0. The Morgan fingerprint density at radius 3 is 1.12 bits per heavy atom. The molecule has 9 rings (SSSR count). The zero-order chi connectivity index (χ0) is 29.1. The summed E-state index contributed by atoms with van der Waals surface area (Å²) in [6, 6.07) is 45.5. The molecule has 2 aliphatic carbocycles. The first-order valence-corrected chi connectivity index (χ1v) is 16.1. The van der Waals surface area contributed by atoms with E-state index in [2.05, 4.69) is 149 Å². The van der Waals surface area contributed by atoms with Crippen LogP contribution in [0.4, 0.5) is 0 Å². The van der Waals surface area contributed by atoms with Gasteiger partial charge < -0.3 is 0 Å². The highest BCUT2D eigenvalue weighted by atomic mass is 32.1. The Hall–Kier alpha value is -4.46. The number of fused-ring (bicyclic) bond motifs is 9. The lowest BCUT2D eigenvalue weighted by Crippen LogP contribution is -2.16. The van der Waals surface area contributed by atoms with Gasteiger partial charge in [0, 0.05) is 31.0 Å². The van der Waals surface area contributed by atoms with Crippen molar-refractivity contribution in [1.29, 1.82) is 0 Å². The molecule has 6 aromatic carbocycles. The lowest BCUT2D eigenvalue weighted by Gasteiger charge is -2.24. The molecule has 0 saturated heterocycles. The molecular formula is C42H32S. The van der Waals surface area contributed by atoms with Crippen LogP contribution in [0.5, 0.6) is 0 Å². The molecule has 1 heteroatoms. The Kier molecular flexibility index (Phi) is 4.99. The highest BCUT2D eigenvalue weighted by molar-refractivity contribution is 7.26. The van der Waals surface area contributed by atoms with Gasteiger partial charge >= 0.3 is 0 Å². The van der Waals surface area contributed by atoms with E-state index in [0.717, 1.165) is 0 Å². The third kappa shape index (κ3) is 3.21. The number of hydrogen-bond donors (Lipinski definition) is 0. The molecule has 0 N–H and O–H groups in total. The lowest BCUT2D eigenvalue weighted by atomic mass is 9.78. The number of hydrogen-bond acceptors (Lipinski definition) is 1. The first-order valence-electron chi connectivity index (χ1n) is 15.3. The molecule has 0 fully saturated rings. The minimum Gasteiger partial charge on any atom is -0.134 e. The van der Waals surface area contributed by atoms with E-state index in [1.807, 2.05) is 11.3 Å². The quantitative estimate of drug-likeness (QED) is 0.195. The normalized spacial score (nSPS) is 15.3. The average molecular weight is 569 g/mol. The SMILES string of the molecule is CC1(C)c2ccccc2-c2cccc(-c3cccc4c3sc3c(-c5cccc6c5C(C)(C)c5ccccc5-6)cccc34)c21. The molecule has 0 spiro atoms. The molecule has 206 valence electrons. The van der Waals surface area contributed by atoms with Gasteiger partial charge in [0.2, 0.25) is 0 Å². The van der Waals surface area contributed by atoms with Crippen LogP contribution in [0.15, 0.2) is 121 Å². The van der Waals surface area contributed by atoms with Gasteiger partial charge in [-0.05, 0) is 66.8 Å². The fourth-order valence-corrected chi connectivity index (χ4v) is 9.74. The van der Waals surface area contributed by atoms with E-state index < -0.39 is 0 Å². The van der Waals surface area contributed by atoms with Crippen LogP contribution < -0.4 is 0 Å². The highest BCUT2D eigenvalue weighted by Gasteiger charge is 2.39. The third-order valence-corrected chi connectivity index (χ3v) is 11.6. The van der Waals surface area contributed by atoms with E-state index in [0.29, 0.717) is 0 Å². The monoisotopic (exact) mass is 568 g/mol. The largest absolute Gasteiger partial charge is 0.134 e. The van der Waals surface area contributed by atoms with Crippen molar-refractivity contribution in [2.24, 2.45) is 0 Å². The summed E-state index contributed by atoms with van der Waals surface area (Å²) in [5.74, 6) is 0. The van der Waals surface area contributed by atoms with Crippen LogP contribution in [0.2, 0.25) is 0 Å². The van der Waals surface area contributed by atoms with Crippen LogP contribution in [-0.2, 0) is 10.8 Å². The van der Waals surface area contributed by atoms with E-state index in [4.69, 9.17) is 0 Å². The first kappa shape index (κ1) is 25.1. The van der Waals surface area contributed by atoms with Crippen LogP contribution in [0, 0.1) is 0 Å². The maximum Gasteiger partial charge on any atom is 0.0434 e. The second-order valence-corrected chi connectivity index (χ2v) is 14.3. The Balaban J connectivity index is 1.30. The number of benzene rings is 6. The Labute approximate surface area is 257 Å². The smallest absolute Gasteiger partial charge is 0.0434 e. The molecule has 0 aliphatic heterocycles. The first-order chi connectivity index (χ1) is 20.9. The Morgan fingerprint density at radius 1 is 0.349 bits per heavy atom. The van der Waals surface area contributed by atoms with Crippen molar-refractivity contribution < 1.29 is 0 Å². The molecule has 2 aliphatic rings. The summed E-state index contributed by atoms with van der Waals surface area (Å²) in [6.07, 6.45) is 0. The second kappa shape index (κ2) is 8.56. The molecule has 0 unspecified atom stereocenters. The number of thiophene rings is 1. The second-order valence-electron chi connectivity index (χ2n) is 13.3. The van der Waals surface area contributed by atoms with E-state index in [1.165, 1.54) is 86.9 Å². The molecule has 0 amide bonds. The summed E-state index contributed by atoms with van der Waals surface area (Å²) in [5, 5.41) is 2.70. The van der Waals surface area contributed by atoms with Crippen LogP contribution in [-0.4, -0.2) is 0 Å². The van der Waals surface area contributed by atoms with Crippen molar-refractivity contribution in [1.82, 2.24) is 0 Å². The number of rotatable bonds is 2. The van der Waals surface area contributed by atoms with Gasteiger partial charge in [0.15, 0.2) is 0 Å². The predicted molar refractivity (Wildman–Crippen MR) is 185 cm³/mol. The molecule has 1 heterocycles. The average Bonchev–Trinajstić information content (AvgIpc) is 3.61. The summed E-state index contributed by atoms with van der Waals surface area (Å²) in [6.45, 7) is 9.56. The molecule has 0 bridgehead atoms. The van der Waals surface area contributed by atoms with E-state index in [1.54, 1.807) is 0 Å². The molecule has 7 aromatic rings. The maximum absolute atomic E-state index is 2.39.